The number of hydrogen-bond donors (Lipinski definition) is 1. The maximum Gasteiger partial charge on any atom is 0.255 e. The molecule has 2 aromatic heterocycles. The van der Waals surface area contributed by atoms with Crippen LogP contribution in [0, 0.1) is 6.92 Å². The highest BCUT2D eigenvalue weighted by molar-refractivity contribution is 6.00. The Hall–Kier alpha value is -3.93. The van der Waals surface area contributed by atoms with Gasteiger partial charge in [-0.25, -0.2) is 9.67 Å². The van der Waals surface area contributed by atoms with Crippen LogP contribution in [0.5, 0.6) is 5.88 Å². The normalized spacial score (nSPS) is 10.6. The number of rotatable bonds is 6. The molecule has 0 aliphatic rings. The van der Waals surface area contributed by atoms with Crippen LogP contribution in [0.1, 0.15) is 21.5 Å². The number of aryl methyl sites for hydroxylation is 1. The number of methoxy groups -OCH3 is 1. The molecule has 6 heteroatoms. The minimum Gasteiger partial charge on any atom is -0.481 e. The third kappa shape index (κ3) is 3.93. The number of amides is 1. The highest BCUT2D eigenvalue weighted by Crippen LogP contribution is 2.27. The lowest BCUT2D eigenvalue weighted by atomic mass is 10.0. The molecule has 4 aromatic rings. The van der Waals surface area contributed by atoms with E-state index >= 15 is 0 Å². The smallest absolute Gasteiger partial charge is 0.255 e. The fraction of sp³-hybridized carbons (Fsp3) is 0.125. The van der Waals surface area contributed by atoms with Crippen LogP contribution < -0.4 is 10.1 Å². The summed E-state index contributed by atoms with van der Waals surface area (Å²) < 4.78 is 7.01. The second-order valence-electron chi connectivity index (χ2n) is 6.84. The van der Waals surface area contributed by atoms with Gasteiger partial charge in [0.15, 0.2) is 0 Å². The van der Waals surface area contributed by atoms with Crippen molar-refractivity contribution in [1.29, 1.82) is 0 Å². The van der Waals surface area contributed by atoms with E-state index < -0.39 is 0 Å². The molecule has 0 saturated carbocycles. The van der Waals surface area contributed by atoms with Gasteiger partial charge in [-0.15, -0.1) is 0 Å². The quantitative estimate of drug-likeness (QED) is 0.529. The highest BCUT2D eigenvalue weighted by Gasteiger charge is 2.20. The summed E-state index contributed by atoms with van der Waals surface area (Å²) >= 11 is 0. The van der Waals surface area contributed by atoms with E-state index in [2.05, 4.69) is 10.3 Å². The molecular weight excluding hydrogens is 376 g/mol. The highest BCUT2D eigenvalue weighted by atomic mass is 16.5. The predicted octanol–water partition coefficient (Wildman–Crippen LogP) is 4.18. The Morgan fingerprint density at radius 1 is 1.03 bits per heavy atom. The summed E-state index contributed by atoms with van der Waals surface area (Å²) in [5.74, 6) is 0.290. The van der Waals surface area contributed by atoms with E-state index in [9.17, 15) is 4.79 Å². The summed E-state index contributed by atoms with van der Waals surface area (Å²) in [5, 5.41) is 7.71. The summed E-state index contributed by atoms with van der Waals surface area (Å²) in [5.41, 5.74) is 4.83. The van der Waals surface area contributed by atoms with Gasteiger partial charge in [0.05, 0.1) is 18.4 Å². The zero-order valence-corrected chi connectivity index (χ0v) is 16.9. The van der Waals surface area contributed by atoms with Crippen molar-refractivity contribution in [2.75, 3.05) is 7.11 Å². The molecule has 0 aliphatic carbocycles. The molecule has 0 unspecified atom stereocenters. The van der Waals surface area contributed by atoms with Crippen molar-refractivity contribution in [2.24, 2.45) is 0 Å². The van der Waals surface area contributed by atoms with Gasteiger partial charge in [0.25, 0.3) is 5.91 Å². The van der Waals surface area contributed by atoms with Crippen LogP contribution in [-0.4, -0.2) is 27.8 Å². The fourth-order valence-corrected chi connectivity index (χ4v) is 3.30. The molecule has 0 saturated heterocycles. The number of carbonyl (C=O) groups is 1. The number of para-hydroxylation sites is 1. The molecule has 0 spiro atoms. The molecule has 2 heterocycles. The number of pyridine rings is 1. The van der Waals surface area contributed by atoms with Crippen LogP contribution in [0.25, 0.3) is 16.9 Å². The van der Waals surface area contributed by atoms with Gasteiger partial charge in [0, 0.05) is 30.1 Å². The molecule has 0 bridgehead atoms. The van der Waals surface area contributed by atoms with Crippen molar-refractivity contribution < 1.29 is 9.53 Å². The Labute approximate surface area is 175 Å². The summed E-state index contributed by atoms with van der Waals surface area (Å²) in [6.07, 6.45) is 3.43. The molecule has 2 aromatic carbocycles. The Morgan fingerprint density at radius 2 is 1.80 bits per heavy atom. The predicted molar refractivity (Wildman–Crippen MR) is 116 cm³/mol. The van der Waals surface area contributed by atoms with E-state index in [0.29, 0.717) is 23.7 Å². The maximum absolute atomic E-state index is 13.1. The lowest BCUT2D eigenvalue weighted by molar-refractivity contribution is 0.0951. The number of ether oxygens (including phenoxy) is 1. The fourth-order valence-electron chi connectivity index (χ4n) is 3.30. The van der Waals surface area contributed by atoms with Crippen LogP contribution in [0.3, 0.4) is 0 Å². The Balaban J connectivity index is 1.69. The molecule has 150 valence electrons. The zero-order valence-electron chi connectivity index (χ0n) is 16.9. The van der Waals surface area contributed by atoms with Gasteiger partial charge in [-0.3, -0.25) is 4.79 Å². The number of hydrogen-bond acceptors (Lipinski definition) is 4. The van der Waals surface area contributed by atoms with E-state index in [4.69, 9.17) is 9.84 Å². The van der Waals surface area contributed by atoms with Crippen LogP contribution in [-0.2, 0) is 6.54 Å². The first-order chi connectivity index (χ1) is 14.7. The monoisotopic (exact) mass is 398 g/mol. The molecule has 0 atom stereocenters. The summed E-state index contributed by atoms with van der Waals surface area (Å²) in [6, 6.07) is 21.4. The van der Waals surface area contributed by atoms with Crippen LogP contribution in [0.4, 0.5) is 0 Å². The Morgan fingerprint density at radius 3 is 2.57 bits per heavy atom. The standard InChI is InChI=1S/C24H22N4O2/c1-17-9-6-7-13-20(17)22-21(16-28(27-22)19-11-4-3-5-12-19)23(29)26-15-18-10-8-14-25-24(18)30-2/h3-14,16H,15H2,1-2H3,(H,26,29). The average Bonchev–Trinajstić information content (AvgIpc) is 3.24. The van der Waals surface area contributed by atoms with E-state index in [0.717, 1.165) is 22.4 Å². The average molecular weight is 398 g/mol. The second-order valence-corrected chi connectivity index (χ2v) is 6.84. The zero-order chi connectivity index (χ0) is 20.9. The van der Waals surface area contributed by atoms with Crippen molar-refractivity contribution >= 4 is 5.91 Å². The van der Waals surface area contributed by atoms with Gasteiger partial charge in [-0.1, -0.05) is 48.5 Å². The minimum absolute atomic E-state index is 0.207. The number of aromatic nitrogens is 3. The van der Waals surface area contributed by atoms with Gasteiger partial charge in [-0.05, 0) is 30.7 Å². The molecule has 4 rings (SSSR count). The first-order valence-corrected chi connectivity index (χ1v) is 9.64. The molecule has 30 heavy (non-hydrogen) atoms. The number of nitrogens with one attached hydrogen (secondary N) is 1. The number of benzene rings is 2. The molecule has 1 amide bonds. The van der Waals surface area contributed by atoms with Gasteiger partial charge in [0.2, 0.25) is 5.88 Å². The van der Waals surface area contributed by atoms with Crippen LogP contribution in [0.2, 0.25) is 0 Å². The van der Waals surface area contributed by atoms with Crippen LogP contribution in [0.15, 0.2) is 79.1 Å². The molecule has 0 fully saturated rings. The van der Waals surface area contributed by atoms with Gasteiger partial charge < -0.3 is 10.1 Å². The van der Waals surface area contributed by atoms with Crippen molar-refractivity contribution in [3.63, 3.8) is 0 Å². The maximum atomic E-state index is 13.1. The molecule has 6 nitrogen and oxygen atoms in total. The van der Waals surface area contributed by atoms with Crippen molar-refractivity contribution in [1.82, 2.24) is 20.1 Å². The summed E-state index contributed by atoms with van der Waals surface area (Å²) in [6.45, 7) is 2.32. The third-order valence-electron chi connectivity index (χ3n) is 4.86. The van der Waals surface area contributed by atoms with Gasteiger partial charge in [0.1, 0.15) is 5.69 Å². The van der Waals surface area contributed by atoms with Crippen molar-refractivity contribution in [3.8, 4) is 22.8 Å². The van der Waals surface area contributed by atoms with E-state index in [1.807, 2.05) is 73.7 Å². The van der Waals surface area contributed by atoms with Gasteiger partial charge >= 0.3 is 0 Å². The first-order valence-electron chi connectivity index (χ1n) is 9.64. The number of carbonyl (C=O) groups excluding carboxylic acids is 1. The van der Waals surface area contributed by atoms with E-state index in [1.165, 1.54) is 0 Å². The Bertz CT molecular complexity index is 1170. The molecule has 0 radical (unpaired) electrons. The number of nitrogens with zero attached hydrogens (tertiary/aromatic N) is 3. The van der Waals surface area contributed by atoms with Crippen molar-refractivity contribution in [3.05, 3.63) is 95.8 Å². The second kappa shape index (κ2) is 8.61. The van der Waals surface area contributed by atoms with Crippen molar-refractivity contribution in [2.45, 2.75) is 13.5 Å². The Kier molecular flexibility index (Phi) is 5.57. The SMILES string of the molecule is COc1ncccc1CNC(=O)c1cn(-c2ccccc2)nc1-c1ccccc1C. The third-order valence-corrected chi connectivity index (χ3v) is 4.86. The first kappa shape index (κ1) is 19.4. The molecular formula is C24H22N4O2. The minimum atomic E-state index is -0.207. The van der Waals surface area contributed by atoms with E-state index in [-0.39, 0.29) is 5.91 Å². The lowest BCUT2D eigenvalue weighted by Gasteiger charge is -2.09. The topological polar surface area (TPSA) is 69.0 Å². The largest absolute Gasteiger partial charge is 0.481 e. The van der Waals surface area contributed by atoms with Gasteiger partial charge in [-0.2, -0.15) is 5.10 Å². The van der Waals surface area contributed by atoms with E-state index in [1.54, 1.807) is 24.2 Å². The molecule has 0 aliphatic heterocycles. The van der Waals surface area contributed by atoms with Crippen LogP contribution >= 0.6 is 0 Å². The summed E-state index contributed by atoms with van der Waals surface area (Å²) in [4.78, 5) is 17.3. The summed E-state index contributed by atoms with van der Waals surface area (Å²) in [7, 11) is 1.56. The molecule has 1 N–H and O–H groups in total. The lowest BCUT2D eigenvalue weighted by Crippen LogP contribution is -2.23.